The Kier molecular flexibility index (Phi) is 4.28. The van der Waals surface area contributed by atoms with Gasteiger partial charge in [0.2, 0.25) is 5.88 Å². The molecule has 80 valence electrons. The van der Waals surface area contributed by atoms with Crippen molar-refractivity contribution < 1.29 is 14.6 Å². The summed E-state index contributed by atoms with van der Waals surface area (Å²) in [7, 11) is 0. The maximum absolute atomic E-state index is 10.6. The highest BCUT2D eigenvalue weighted by atomic mass is 16.5. The third-order valence-corrected chi connectivity index (χ3v) is 1.63. The minimum atomic E-state index is -1.11. The van der Waals surface area contributed by atoms with Crippen LogP contribution in [0, 0.1) is 0 Å². The zero-order chi connectivity index (χ0) is 11.1. The van der Waals surface area contributed by atoms with Crippen LogP contribution in [0.15, 0.2) is 25.0 Å². The fourth-order valence-corrected chi connectivity index (χ4v) is 0.925. The molecular weight excluding hydrogens is 196 g/mol. The molecule has 0 aliphatic carbocycles. The first-order valence-electron chi connectivity index (χ1n) is 4.53. The zero-order valence-corrected chi connectivity index (χ0v) is 8.22. The lowest BCUT2D eigenvalue weighted by Crippen LogP contribution is -2.05. The standard InChI is InChI=1S/C10H12N2O3/c1-2-3-4-5-15-9-7-11-6-8(12-9)10(13)14/h2,6-7H,1,3-5H2,(H,13,14). The Hall–Kier alpha value is -1.91. The highest BCUT2D eigenvalue weighted by molar-refractivity contribution is 5.84. The summed E-state index contributed by atoms with van der Waals surface area (Å²) in [6.07, 6.45) is 6.04. The number of carboxylic acids is 1. The molecule has 0 amide bonds. The average molecular weight is 208 g/mol. The van der Waals surface area contributed by atoms with Crippen molar-refractivity contribution in [1.29, 1.82) is 0 Å². The van der Waals surface area contributed by atoms with Gasteiger partial charge in [0.15, 0.2) is 5.69 Å². The van der Waals surface area contributed by atoms with Crippen molar-refractivity contribution >= 4 is 5.97 Å². The molecule has 0 atom stereocenters. The summed E-state index contributed by atoms with van der Waals surface area (Å²) in [6.45, 7) is 4.06. The second-order valence-electron chi connectivity index (χ2n) is 2.83. The molecule has 0 radical (unpaired) electrons. The van der Waals surface area contributed by atoms with E-state index in [2.05, 4.69) is 16.5 Å². The van der Waals surface area contributed by atoms with Gasteiger partial charge in [-0.2, -0.15) is 0 Å². The van der Waals surface area contributed by atoms with Crippen molar-refractivity contribution in [1.82, 2.24) is 9.97 Å². The van der Waals surface area contributed by atoms with Crippen LogP contribution in [-0.2, 0) is 0 Å². The lowest BCUT2D eigenvalue weighted by atomic mass is 10.3. The summed E-state index contributed by atoms with van der Waals surface area (Å²) >= 11 is 0. The van der Waals surface area contributed by atoms with Gasteiger partial charge in [0.1, 0.15) is 0 Å². The van der Waals surface area contributed by atoms with Crippen LogP contribution in [0.2, 0.25) is 0 Å². The Morgan fingerprint density at radius 2 is 2.40 bits per heavy atom. The van der Waals surface area contributed by atoms with Gasteiger partial charge in [-0.3, -0.25) is 4.98 Å². The average Bonchev–Trinajstić information content (AvgIpc) is 2.25. The van der Waals surface area contributed by atoms with E-state index in [1.54, 1.807) is 6.08 Å². The minimum absolute atomic E-state index is 0.115. The van der Waals surface area contributed by atoms with Gasteiger partial charge >= 0.3 is 5.97 Å². The van der Waals surface area contributed by atoms with Gasteiger partial charge < -0.3 is 9.84 Å². The number of aromatic carboxylic acids is 1. The predicted molar refractivity (Wildman–Crippen MR) is 53.9 cm³/mol. The van der Waals surface area contributed by atoms with E-state index in [1.807, 2.05) is 0 Å². The second-order valence-corrected chi connectivity index (χ2v) is 2.83. The summed E-state index contributed by atoms with van der Waals surface area (Å²) in [5, 5.41) is 8.65. The smallest absolute Gasteiger partial charge is 0.356 e. The zero-order valence-electron chi connectivity index (χ0n) is 8.22. The third-order valence-electron chi connectivity index (χ3n) is 1.63. The molecule has 1 N–H and O–H groups in total. The van der Waals surface area contributed by atoms with E-state index in [4.69, 9.17) is 9.84 Å². The van der Waals surface area contributed by atoms with Crippen LogP contribution >= 0.6 is 0 Å². The summed E-state index contributed by atoms with van der Waals surface area (Å²) < 4.78 is 5.21. The summed E-state index contributed by atoms with van der Waals surface area (Å²) in [4.78, 5) is 18.0. The number of rotatable bonds is 6. The number of unbranched alkanes of at least 4 members (excludes halogenated alkanes) is 1. The lowest BCUT2D eigenvalue weighted by Gasteiger charge is -2.03. The van der Waals surface area contributed by atoms with E-state index in [-0.39, 0.29) is 11.6 Å². The maximum atomic E-state index is 10.6. The lowest BCUT2D eigenvalue weighted by molar-refractivity contribution is 0.0688. The fraction of sp³-hybridized carbons (Fsp3) is 0.300. The van der Waals surface area contributed by atoms with Crippen LogP contribution in [0.3, 0.4) is 0 Å². The topological polar surface area (TPSA) is 72.3 Å². The van der Waals surface area contributed by atoms with E-state index >= 15 is 0 Å². The fourth-order valence-electron chi connectivity index (χ4n) is 0.925. The highest BCUT2D eigenvalue weighted by Gasteiger charge is 2.06. The molecule has 5 heteroatoms. The number of ether oxygens (including phenoxy) is 1. The first-order chi connectivity index (χ1) is 7.24. The summed E-state index contributed by atoms with van der Waals surface area (Å²) in [5.74, 6) is -0.877. The molecule has 0 aliphatic heterocycles. The van der Waals surface area contributed by atoms with Gasteiger partial charge in [0.05, 0.1) is 19.0 Å². The molecular formula is C10H12N2O3. The van der Waals surface area contributed by atoms with Crippen molar-refractivity contribution in [2.75, 3.05) is 6.61 Å². The van der Waals surface area contributed by atoms with Gasteiger partial charge in [0.25, 0.3) is 0 Å². The molecule has 0 bridgehead atoms. The van der Waals surface area contributed by atoms with Gasteiger partial charge in [0, 0.05) is 0 Å². The van der Waals surface area contributed by atoms with Crippen LogP contribution in [-0.4, -0.2) is 27.7 Å². The summed E-state index contributed by atoms with van der Waals surface area (Å²) in [5.41, 5.74) is -0.115. The van der Waals surface area contributed by atoms with Gasteiger partial charge in [-0.1, -0.05) is 6.08 Å². The first kappa shape index (κ1) is 11.2. The Morgan fingerprint density at radius 3 is 3.07 bits per heavy atom. The third kappa shape index (κ3) is 3.76. The molecule has 0 unspecified atom stereocenters. The molecule has 0 spiro atoms. The van der Waals surface area contributed by atoms with E-state index in [1.165, 1.54) is 12.4 Å². The first-order valence-corrected chi connectivity index (χ1v) is 4.53. The van der Waals surface area contributed by atoms with Gasteiger partial charge in [-0.05, 0) is 12.8 Å². The maximum Gasteiger partial charge on any atom is 0.356 e. The molecule has 0 aliphatic rings. The molecule has 1 rings (SSSR count). The quantitative estimate of drug-likeness (QED) is 0.566. The molecule has 0 saturated carbocycles. The summed E-state index contributed by atoms with van der Waals surface area (Å²) in [6, 6.07) is 0. The molecule has 0 saturated heterocycles. The van der Waals surface area contributed by atoms with Crippen molar-refractivity contribution in [2.24, 2.45) is 0 Å². The van der Waals surface area contributed by atoms with E-state index in [9.17, 15) is 4.79 Å². The van der Waals surface area contributed by atoms with Crippen LogP contribution in [0.1, 0.15) is 23.3 Å². The SMILES string of the molecule is C=CCCCOc1cncc(C(=O)O)n1. The van der Waals surface area contributed by atoms with Crippen molar-refractivity contribution in [3.8, 4) is 5.88 Å². The minimum Gasteiger partial charge on any atom is -0.477 e. The number of aromatic nitrogens is 2. The predicted octanol–water partition coefficient (Wildman–Crippen LogP) is 1.52. The Labute approximate surface area is 87.4 Å². The van der Waals surface area contributed by atoms with Crippen molar-refractivity contribution in [3.63, 3.8) is 0 Å². The number of nitrogens with zero attached hydrogens (tertiary/aromatic N) is 2. The van der Waals surface area contributed by atoms with Crippen molar-refractivity contribution in [2.45, 2.75) is 12.8 Å². The molecule has 0 aromatic carbocycles. The number of hydrogen-bond donors (Lipinski definition) is 1. The number of allylic oxidation sites excluding steroid dienone is 1. The second kappa shape index (κ2) is 5.74. The normalized spacial score (nSPS) is 9.60. The van der Waals surface area contributed by atoms with Crippen LogP contribution in [0.5, 0.6) is 5.88 Å². The van der Waals surface area contributed by atoms with Gasteiger partial charge in [-0.15, -0.1) is 6.58 Å². The largest absolute Gasteiger partial charge is 0.477 e. The number of carboxylic acid groups (broad SMARTS) is 1. The Balaban J connectivity index is 2.50. The number of hydrogen-bond acceptors (Lipinski definition) is 4. The Morgan fingerprint density at radius 1 is 1.60 bits per heavy atom. The Bertz CT molecular complexity index is 352. The van der Waals surface area contributed by atoms with E-state index in [0.717, 1.165) is 12.8 Å². The molecule has 1 heterocycles. The van der Waals surface area contributed by atoms with E-state index < -0.39 is 5.97 Å². The highest BCUT2D eigenvalue weighted by Crippen LogP contribution is 2.05. The van der Waals surface area contributed by atoms with Crippen molar-refractivity contribution in [3.05, 3.63) is 30.7 Å². The molecule has 0 fully saturated rings. The number of carbonyl (C=O) groups is 1. The van der Waals surface area contributed by atoms with Gasteiger partial charge in [-0.25, -0.2) is 9.78 Å². The molecule has 1 aromatic heterocycles. The molecule has 1 aromatic rings. The monoisotopic (exact) mass is 208 g/mol. The molecule has 15 heavy (non-hydrogen) atoms. The van der Waals surface area contributed by atoms with Crippen LogP contribution in [0.25, 0.3) is 0 Å². The van der Waals surface area contributed by atoms with E-state index in [0.29, 0.717) is 6.61 Å². The molecule has 5 nitrogen and oxygen atoms in total. The van der Waals surface area contributed by atoms with Crippen LogP contribution < -0.4 is 4.74 Å². The van der Waals surface area contributed by atoms with Crippen LogP contribution in [0.4, 0.5) is 0 Å².